The Hall–Kier alpha value is -2.39. The van der Waals surface area contributed by atoms with Crippen LogP contribution in [0.15, 0.2) is 48.5 Å². The van der Waals surface area contributed by atoms with Crippen LogP contribution in [0.25, 0.3) is 10.9 Å². The van der Waals surface area contributed by atoms with Crippen molar-refractivity contribution < 1.29 is 4.74 Å². The molecule has 1 atom stereocenters. The van der Waals surface area contributed by atoms with Gasteiger partial charge in [0, 0.05) is 30.6 Å². The van der Waals surface area contributed by atoms with Crippen molar-refractivity contribution in [2.45, 2.75) is 46.4 Å². The molecule has 3 nitrogen and oxygen atoms in total. The zero-order valence-electron chi connectivity index (χ0n) is 15.8. The van der Waals surface area contributed by atoms with Gasteiger partial charge in [0.1, 0.15) is 6.10 Å². The molecule has 1 aromatic heterocycles. The van der Waals surface area contributed by atoms with Gasteiger partial charge in [-0.25, -0.2) is 4.98 Å². The molecule has 0 N–H and O–H groups in total. The zero-order valence-corrected chi connectivity index (χ0v) is 15.8. The summed E-state index contributed by atoms with van der Waals surface area (Å²) in [5, 5.41) is 1.21. The van der Waals surface area contributed by atoms with Gasteiger partial charge in [0.15, 0.2) is 0 Å². The lowest BCUT2D eigenvalue weighted by atomic mass is 10.0. The van der Waals surface area contributed by atoms with Crippen LogP contribution < -0.4 is 4.74 Å². The molecule has 1 aliphatic rings. The van der Waals surface area contributed by atoms with E-state index < -0.39 is 0 Å². The first-order chi connectivity index (χ1) is 12.6. The van der Waals surface area contributed by atoms with Gasteiger partial charge in [-0.05, 0) is 43.5 Å². The first kappa shape index (κ1) is 17.0. The normalized spacial score (nSPS) is 17.6. The highest BCUT2D eigenvalue weighted by Gasteiger charge is 2.24. The second-order valence-electron chi connectivity index (χ2n) is 7.41. The first-order valence-electron chi connectivity index (χ1n) is 9.46. The van der Waals surface area contributed by atoms with Crippen LogP contribution in [0.3, 0.4) is 0 Å². The molecule has 1 unspecified atom stereocenters. The lowest BCUT2D eigenvalue weighted by molar-refractivity contribution is 0.136. The summed E-state index contributed by atoms with van der Waals surface area (Å²) in [6.07, 6.45) is 1.16. The predicted molar refractivity (Wildman–Crippen MR) is 106 cm³/mol. The van der Waals surface area contributed by atoms with E-state index in [1.165, 1.54) is 27.6 Å². The Bertz CT molecular complexity index is 920. The van der Waals surface area contributed by atoms with Gasteiger partial charge in [-0.1, -0.05) is 48.9 Å². The molecule has 0 aliphatic carbocycles. The van der Waals surface area contributed by atoms with Gasteiger partial charge in [0.2, 0.25) is 5.88 Å². The molecular weight excluding hydrogens is 320 g/mol. The number of aryl methyl sites for hydroxylation is 2. The second-order valence-corrected chi connectivity index (χ2v) is 7.41. The van der Waals surface area contributed by atoms with Gasteiger partial charge in [-0.2, -0.15) is 0 Å². The monoisotopic (exact) mass is 346 g/mol. The first-order valence-corrected chi connectivity index (χ1v) is 9.46. The highest BCUT2D eigenvalue weighted by molar-refractivity contribution is 5.84. The summed E-state index contributed by atoms with van der Waals surface area (Å²) in [4.78, 5) is 7.38. The number of hydrogen-bond donors (Lipinski definition) is 0. The van der Waals surface area contributed by atoms with E-state index in [9.17, 15) is 0 Å². The lowest BCUT2D eigenvalue weighted by Gasteiger charge is -2.23. The number of pyridine rings is 1. The quantitative estimate of drug-likeness (QED) is 0.665. The minimum absolute atomic E-state index is 0.177. The maximum absolute atomic E-state index is 6.31. The molecule has 134 valence electrons. The Balaban J connectivity index is 1.72. The van der Waals surface area contributed by atoms with Crippen molar-refractivity contribution in [3.05, 3.63) is 70.8 Å². The molecule has 2 heterocycles. The van der Waals surface area contributed by atoms with Crippen molar-refractivity contribution >= 4 is 10.9 Å². The summed E-state index contributed by atoms with van der Waals surface area (Å²) in [5.74, 6) is 0.812. The van der Waals surface area contributed by atoms with Crippen molar-refractivity contribution in [2.24, 2.45) is 0 Å². The van der Waals surface area contributed by atoms with Crippen LogP contribution >= 0.6 is 0 Å². The van der Waals surface area contributed by atoms with E-state index in [1.807, 2.05) is 0 Å². The second kappa shape index (κ2) is 7.08. The zero-order chi connectivity index (χ0) is 18.1. The fourth-order valence-electron chi connectivity index (χ4n) is 3.86. The summed E-state index contributed by atoms with van der Waals surface area (Å²) in [6, 6.07) is 17.4. The molecule has 3 aromatic rings. The topological polar surface area (TPSA) is 25.4 Å². The largest absolute Gasteiger partial charge is 0.473 e. The van der Waals surface area contributed by atoms with Crippen molar-refractivity contribution in [2.75, 3.05) is 6.54 Å². The number of rotatable bonds is 3. The van der Waals surface area contributed by atoms with E-state index in [-0.39, 0.29) is 6.10 Å². The maximum atomic E-state index is 6.31. The third kappa shape index (κ3) is 3.45. The maximum Gasteiger partial charge on any atom is 0.218 e. The third-order valence-electron chi connectivity index (χ3n) is 5.13. The Morgan fingerprint density at radius 1 is 1.12 bits per heavy atom. The lowest BCUT2D eigenvalue weighted by Crippen LogP contribution is -2.32. The van der Waals surface area contributed by atoms with Crippen molar-refractivity contribution in [1.82, 2.24) is 9.88 Å². The summed E-state index contributed by atoms with van der Waals surface area (Å²) in [5.41, 5.74) is 6.07. The molecule has 3 heteroatoms. The molecule has 0 saturated carbocycles. The number of aromatic nitrogens is 1. The van der Waals surface area contributed by atoms with Crippen molar-refractivity contribution in [3.63, 3.8) is 0 Å². The Kier molecular flexibility index (Phi) is 4.64. The van der Waals surface area contributed by atoms with E-state index in [2.05, 4.69) is 74.2 Å². The molecule has 0 fully saturated rings. The average molecular weight is 346 g/mol. The fourth-order valence-corrected chi connectivity index (χ4v) is 3.86. The van der Waals surface area contributed by atoms with Crippen LogP contribution in [0.1, 0.15) is 35.6 Å². The smallest absolute Gasteiger partial charge is 0.218 e. The van der Waals surface area contributed by atoms with E-state index >= 15 is 0 Å². The standard InChI is InChI=1S/C23H26N2O/c1-4-21-15-25(13-18-8-6-5-7-9-18)14-20-12-19-11-16(2)10-17(3)22(19)24-23(20)26-21/h5-12,21H,4,13-15H2,1-3H3. The third-order valence-corrected chi connectivity index (χ3v) is 5.13. The van der Waals surface area contributed by atoms with Crippen LogP contribution in [-0.4, -0.2) is 22.5 Å². The summed E-state index contributed by atoms with van der Waals surface area (Å²) < 4.78 is 6.31. The van der Waals surface area contributed by atoms with Crippen LogP contribution in [-0.2, 0) is 13.1 Å². The Morgan fingerprint density at radius 2 is 1.92 bits per heavy atom. The highest BCUT2D eigenvalue weighted by atomic mass is 16.5. The van der Waals surface area contributed by atoms with E-state index in [1.54, 1.807) is 0 Å². The number of hydrogen-bond acceptors (Lipinski definition) is 3. The Morgan fingerprint density at radius 3 is 2.69 bits per heavy atom. The number of fused-ring (bicyclic) bond motifs is 2. The summed E-state index contributed by atoms with van der Waals surface area (Å²) in [6.45, 7) is 9.19. The molecular formula is C23H26N2O. The Labute approximate surface area is 155 Å². The highest BCUT2D eigenvalue weighted by Crippen LogP contribution is 2.30. The predicted octanol–water partition coefficient (Wildman–Crippen LogP) is 5.02. The van der Waals surface area contributed by atoms with Crippen molar-refractivity contribution in [3.8, 4) is 5.88 Å². The molecule has 0 saturated heterocycles. The van der Waals surface area contributed by atoms with Crippen molar-refractivity contribution in [1.29, 1.82) is 0 Å². The minimum Gasteiger partial charge on any atom is -0.473 e. The van der Waals surface area contributed by atoms with Gasteiger partial charge in [0.05, 0.1) is 5.52 Å². The van der Waals surface area contributed by atoms with Crippen LogP contribution in [0.2, 0.25) is 0 Å². The van der Waals surface area contributed by atoms with E-state index in [4.69, 9.17) is 9.72 Å². The molecule has 0 amide bonds. The number of nitrogens with zero attached hydrogens (tertiary/aromatic N) is 2. The molecule has 26 heavy (non-hydrogen) atoms. The summed E-state index contributed by atoms with van der Waals surface area (Å²) >= 11 is 0. The number of ether oxygens (including phenoxy) is 1. The van der Waals surface area contributed by atoms with E-state index in [0.29, 0.717) is 0 Å². The SMILES string of the molecule is CCC1CN(Cc2ccccc2)Cc2cc3cc(C)cc(C)c3nc2O1. The summed E-state index contributed by atoms with van der Waals surface area (Å²) in [7, 11) is 0. The van der Waals surface area contributed by atoms with Gasteiger partial charge in [-0.15, -0.1) is 0 Å². The fraction of sp³-hybridized carbons (Fsp3) is 0.348. The van der Waals surface area contributed by atoms with Gasteiger partial charge in [-0.3, -0.25) is 4.90 Å². The molecule has 0 bridgehead atoms. The minimum atomic E-state index is 0.177. The van der Waals surface area contributed by atoms with Crippen LogP contribution in [0, 0.1) is 13.8 Å². The van der Waals surface area contributed by atoms with Gasteiger partial charge in [0.25, 0.3) is 0 Å². The van der Waals surface area contributed by atoms with Gasteiger partial charge >= 0.3 is 0 Å². The molecule has 0 spiro atoms. The molecule has 2 aromatic carbocycles. The van der Waals surface area contributed by atoms with Gasteiger partial charge < -0.3 is 4.74 Å². The van der Waals surface area contributed by atoms with Crippen LogP contribution in [0.4, 0.5) is 0 Å². The molecule has 4 rings (SSSR count). The number of benzene rings is 2. The van der Waals surface area contributed by atoms with E-state index in [0.717, 1.165) is 37.5 Å². The molecule has 1 aliphatic heterocycles. The van der Waals surface area contributed by atoms with Crippen LogP contribution in [0.5, 0.6) is 5.88 Å². The molecule has 0 radical (unpaired) electrons. The average Bonchev–Trinajstić information content (AvgIpc) is 2.79.